The van der Waals surface area contributed by atoms with Crippen LogP contribution in [0.3, 0.4) is 0 Å². The molecular weight excluding hydrogens is 214 g/mol. The van der Waals surface area contributed by atoms with E-state index in [0.717, 1.165) is 12.8 Å². The summed E-state index contributed by atoms with van der Waals surface area (Å²) in [5.41, 5.74) is 8.54. The van der Waals surface area contributed by atoms with Crippen molar-refractivity contribution in [2.24, 2.45) is 11.7 Å². The van der Waals surface area contributed by atoms with Gasteiger partial charge in [-0.15, -0.1) is 0 Å². The van der Waals surface area contributed by atoms with Crippen LogP contribution in [0.25, 0.3) is 0 Å². The Bertz CT molecular complexity index is 362. The molecule has 17 heavy (non-hydrogen) atoms. The minimum Gasteiger partial charge on any atom is -0.465 e. The number of ether oxygens (including phenoxy) is 1. The molecule has 94 valence electrons. The van der Waals surface area contributed by atoms with Gasteiger partial charge in [-0.3, -0.25) is 0 Å². The van der Waals surface area contributed by atoms with Crippen LogP contribution in [0, 0.1) is 5.92 Å². The highest BCUT2D eigenvalue weighted by Gasteiger charge is 2.23. The molecule has 2 aliphatic carbocycles. The van der Waals surface area contributed by atoms with Gasteiger partial charge in [-0.1, -0.05) is 24.8 Å². The van der Waals surface area contributed by atoms with Crippen molar-refractivity contribution in [3.63, 3.8) is 0 Å². The van der Waals surface area contributed by atoms with E-state index in [1.165, 1.54) is 44.8 Å². The standard InChI is InChI=1S/C14H21NO2/c1-17-14(16)12-9-11(7-8-13(12)15)10-5-3-2-4-6-10/h9-10H,2-8,15H2,1H3. The second-order valence-corrected chi connectivity index (χ2v) is 4.98. The molecule has 0 radical (unpaired) electrons. The molecule has 0 spiro atoms. The van der Waals surface area contributed by atoms with Gasteiger partial charge in [0, 0.05) is 5.70 Å². The van der Waals surface area contributed by atoms with E-state index < -0.39 is 0 Å². The molecule has 0 atom stereocenters. The van der Waals surface area contributed by atoms with Crippen LogP contribution in [0.4, 0.5) is 0 Å². The molecule has 0 aliphatic heterocycles. The molecular formula is C14H21NO2. The van der Waals surface area contributed by atoms with Crippen LogP contribution in [0.1, 0.15) is 44.9 Å². The molecule has 0 heterocycles. The van der Waals surface area contributed by atoms with Crippen molar-refractivity contribution in [3.8, 4) is 0 Å². The lowest BCUT2D eigenvalue weighted by Crippen LogP contribution is -2.18. The van der Waals surface area contributed by atoms with Crippen molar-refractivity contribution in [1.82, 2.24) is 0 Å². The van der Waals surface area contributed by atoms with Gasteiger partial charge in [-0.2, -0.15) is 0 Å². The Balaban J connectivity index is 2.16. The van der Waals surface area contributed by atoms with E-state index in [9.17, 15) is 4.79 Å². The first-order valence-electron chi connectivity index (χ1n) is 6.49. The van der Waals surface area contributed by atoms with Crippen molar-refractivity contribution in [3.05, 3.63) is 22.9 Å². The average molecular weight is 235 g/mol. The minimum absolute atomic E-state index is 0.296. The molecule has 0 amide bonds. The maximum absolute atomic E-state index is 11.6. The fraction of sp³-hybridized carbons (Fsp3) is 0.643. The zero-order chi connectivity index (χ0) is 12.3. The summed E-state index contributed by atoms with van der Waals surface area (Å²) < 4.78 is 4.77. The van der Waals surface area contributed by atoms with Gasteiger partial charge in [0.25, 0.3) is 0 Å². The van der Waals surface area contributed by atoms with E-state index >= 15 is 0 Å². The van der Waals surface area contributed by atoms with Crippen LogP contribution >= 0.6 is 0 Å². The van der Waals surface area contributed by atoms with E-state index in [4.69, 9.17) is 10.5 Å². The molecule has 1 fully saturated rings. The van der Waals surface area contributed by atoms with Crippen LogP contribution in [-0.4, -0.2) is 13.1 Å². The largest absolute Gasteiger partial charge is 0.465 e. The van der Waals surface area contributed by atoms with Crippen LogP contribution in [-0.2, 0) is 9.53 Å². The lowest BCUT2D eigenvalue weighted by atomic mass is 9.79. The second kappa shape index (κ2) is 5.39. The summed E-state index contributed by atoms with van der Waals surface area (Å²) in [6.07, 6.45) is 10.3. The lowest BCUT2D eigenvalue weighted by Gasteiger charge is -2.27. The van der Waals surface area contributed by atoms with Crippen molar-refractivity contribution in [2.45, 2.75) is 44.9 Å². The van der Waals surface area contributed by atoms with E-state index in [2.05, 4.69) is 0 Å². The van der Waals surface area contributed by atoms with E-state index in [1.807, 2.05) is 6.08 Å². The molecule has 2 rings (SSSR count). The molecule has 2 aliphatic rings. The van der Waals surface area contributed by atoms with Gasteiger partial charge in [0.05, 0.1) is 12.7 Å². The Morgan fingerprint density at radius 2 is 2.00 bits per heavy atom. The summed E-state index contributed by atoms with van der Waals surface area (Å²) in [4.78, 5) is 11.6. The van der Waals surface area contributed by atoms with Crippen LogP contribution in [0.5, 0.6) is 0 Å². The maximum atomic E-state index is 11.6. The topological polar surface area (TPSA) is 52.3 Å². The van der Waals surface area contributed by atoms with Gasteiger partial charge in [-0.05, 0) is 37.7 Å². The number of carbonyl (C=O) groups is 1. The molecule has 0 aromatic rings. The fourth-order valence-electron chi connectivity index (χ4n) is 2.86. The van der Waals surface area contributed by atoms with Crippen LogP contribution < -0.4 is 5.73 Å². The quantitative estimate of drug-likeness (QED) is 0.749. The molecule has 0 bridgehead atoms. The van der Waals surface area contributed by atoms with Gasteiger partial charge in [0.15, 0.2) is 0 Å². The van der Waals surface area contributed by atoms with Crippen LogP contribution in [0.15, 0.2) is 22.9 Å². The first kappa shape index (κ1) is 12.2. The number of methoxy groups -OCH3 is 1. The zero-order valence-electron chi connectivity index (χ0n) is 10.5. The van der Waals surface area contributed by atoms with E-state index in [1.54, 1.807) is 0 Å². The van der Waals surface area contributed by atoms with Crippen molar-refractivity contribution >= 4 is 5.97 Å². The summed E-state index contributed by atoms with van der Waals surface area (Å²) in [7, 11) is 1.41. The third-order valence-corrected chi connectivity index (χ3v) is 3.89. The first-order chi connectivity index (χ1) is 8.22. The van der Waals surface area contributed by atoms with Gasteiger partial charge >= 0.3 is 5.97 Å². The smallest absolute Gasteiger partial charge is 0.339 e. The van der Waals surface area contributed by atoms with Crippen molar-refractivity contribution < 1.29 is 9.53 Å². The summed E-state index contributed by atoms with van der Waals surface area (Å²) in [5.74, 6) is 0.368. The summed E-state index contributed by atoms with van der Waals surface area (Å²) >= 11 is 0. The zero-order valence-corrected chi connectivity index (χ0v) is 10.5. The maximum Gasteiger partial charge on any atom is 0.339 e. The predicted molar refractivity (Wildman–Crippen MR) is 67.1 cm³/mol. The van der Waals surface area contributed by atoms with Gasteiger partial charge < -0.3 is 10.5 Å². The summed E-state index contributed by atoms with van der Waals surface area (Å²) in [6.45, 7) is 0. The Morgan fingerprint density at radius 1 is 1.29 bits per heavy atom. The summed E-state index contributed by atoms with van der Waals surface area (Å²) in [5, 5.41) is 0. The number of hydrogen-bond acceptors (Lipinski definition) is 3. The fourth-order valence-corrected chi connectivity index (χ4v) is 2.86. The SMILES string of the molecule is COC(=O)C1=C(N)CCC(C2CCCCC2)=C1. The first-order valence-corrected chi connectivity index (χ1v) is 6.49. The Kier molecular flexibility index (Phi) is 3.87. The third-order valence-electron chi connectivity index (χ3n) is 3.89. The monoisotopic (exact) mass is 235 g/mol. The van der Waals surface area contributed by atoms with E-state index in [-0.39, 0.29) is 5.97 Å². The Hall–Kier alpha value is -1.25. The highest BCUT2D eigenvalue weighted by molar-refractivity contribution is 5.92. The van der Waals surface area contributed by atoms with Gasteiger partial charge in [0.1, 0.15) is 0 Å². The highest BCUT2D eigenvalue weighted by Crippen LogP contribution is 2.35. The molecule has 0 aromatic heterocycles. The van der Waals surface area contributed by atoms with Crippen molar-refractivity contribution in [1.29, 1.82) is 0 Å². The summed E-state index contributed by atoms with van der Waals surface area (Å²) in [6, 6.07) is 0. The molecule has 2 N–H and O–H groups in total. The van der Waals surface area contributed by atoms with Crippen molar-refractivity contribution in [2.75, 3.05) is 7.11 Å². The Labute approximate surface area is 103 Å². The van der Waals surface area contributed by atoms with Crippen LogP contribution in [0.2, 0.25) is 0 Å². The van der Waals surface area contributed by atoms with Gasteiger partial charge in [0.2, 0.25) is 0 Å². The number of nitrogens with two attached hydrogens (primary N) is 1. The number of allylic oxidation sites excluding steroid dienone is 2. The molecule has 3 nitrogen and oxygen atoms in total. The second-order valence-electron chi connectivity index (χ2n) is 4.98. The molecule has 0 saturated heterocycles. The third kappa shape index (κ3) is 2.71. The molecule has 0 aromatic carbocycles. The molecule has 1 saturated carbocycles. The average Bonchev–Trinajstić information content (AvgIpc) is 2.39. The molecule has 0 unspecified atom stereocenters. The number of carbonyl (C=O) groups excluding carboxylic acids is 1. The predicted octanol–water partition coefficient (Wildman–Crippen LogP) is 2.67. The normalized spacial score (nSPS) is 22.3. The lowest BCUT2D eigenvalue weighted by molar-refractivity contribution is -0.135. The van der Waals surface area contributed by atoms with E-state index in [0.29, 0.717) is 17.2 Å². The minimum atomic E-state index is -0.296. The molecule has 3 heteroatoms. The number of rotatable bonds is 2. The number of esters is 1. The van der Waals surface area contributed by atoms with Gasteiger partial charge in [-0.25, -0.2) is 4.79 Å². The highest BCUT2D eigenvalue weighted by atomic mass is 16.5. The Morgan fingerprint density at radius 3 is 2.65 bits per heavy atom. The number of hydrogen-bond donors (Lipinski definition) is 1.